The molecular formula is C22H22N4O5. The number of benzene rings is 2. The van der Waals surface area contributed by atoms with Crippen LogP contribution in [0.15, 0.2) is 53.3 Å². The zero-order chi connectivity index (χ0) is 22.4. The Labute approximate surface area is 177 Å². The van der Waals surface area contributed by atoms with Crippen molar-refractivity contribution in [2.24, 2.45) is 0 Å². The van der Waals surface area contributed by atoms with Gasteiger partial charge < -0.3 is 5.11 Å². The van der Waals surface area contributed by atoms with Crippen molar-refractivity contribution in [1.82, 2.24) is 9.97 Å². The summed E-state index contributed by atoms with van der Waals surface area (Å²) in [6.07, 6.45) is 2.53. The first-order valence-corrected chi connectivity index (χ1v) is 9.83. The monoisotopic (exact) mass is 422 g/mol. The lowest BCUT2D eigenvalue weighted by atomic mass is 9.96. The number of hydrogen-bond acceptors (Lipinski definition) is 5. The SMILES string of the molecule is CCCCc1nc(N[N+](=O)[O-])[nH]c(=O)c1Cc1ccc(-c2ccccc2C(=O)O)cc1. The number of rotatable bonds is 9. The molecule has 31 heavy (non-hydrogen) atoms. The van der Waals surface area contributed by atoms with E-state index in [-0.39, 0.29) is 11.5 Å². The number of aromatic nitrogens is 2. The maximum Gasteiger partial charge on any atom is 0.336 e. The first kappa shape index (κ1) is 21.7. The molecule has 1 aromatic heterocycles. The van der Waals surface area contributed by atoms with Gasteiger partial charge in [0, 0.05) is 12.0 Å². The number of nitro groups is 1. The van der Waals surface area contributed by atoms with Gasteiger partial charge in [-0.2, -0.15) is 0 Å². The van der Waals surface area contributed by atoms with Crippen LogP contribution in [-0.2, 0) is 12.8 Å². The minimum absolute atomic E-state index is 0.189. The maximum atomic E-state index is 12.6. The lowest BCUT2D eigenvalue weighted by Gasteiger charge is -2.10. The summed E-state index contributed by atoms with van der Waals surface area (Å²) >= 11 is 0. The molecule has 0 saturated heterocycles. The molecule has 0 fully saturated rings. The van der Waals surface area contributed by atoms with Crippen molar-refractivity contribution in [3.05, 3.63) is 91.4 Å². The molecule has 1 heterocycles. The summed E-state index contributed by atoms with van der Waals surface area (Å²) in [6, 6.07) is 14.0. The molecule has 3 aromatic rings. The van der Waals surface area contributed by atoms with Gasteiger partial charge in [-0.15, -0.1) is 0 Å². The van der Waals surface area contributed by atoms with Crippen molar-refractivity contribution in [1.29, 1.82) is 0 Å². The van der Waals surface area contributed by atoms with E-state index >= 15 is 0 Å². The second kappa shape index (κ2) is 9.66. The Morgan fingerprint density at radius 2 is 1.90 bits per heavy atom. The molecule has 9 nitrogen and oxygen atoms in total. The van der Waals surface area contributed by atoms with Gasteiger partial charge in [-0.3, -0.25) is 9.78 Å². The van der Waals surface area contributed by atoms with E-state index in [4.69, 9.17) is 0 Å². The molecule has 0 atom stereocenters. The van der Waals surface area contributed by atoms with E-state index in [1.165, 1.54) is 0 Å². The van der Waals surface area contributed by atoms with Crippen molar-refractivity contribution in [3.8, 4) is 11.1 Å². The fourth-order valence-electron chi connectivity index (χ4n) is 3.34. The highest BCUT2D eigenvalue weighted by molar-refractivity contribution is 5.95. The Hall–Kier alpha value is -4.01. The average molecular weight is 422 g/mol. The van der Waals surface area contributed by atoms with Crippen LogP contribution in [0.1, 0.15) is 46.9 Å². The number of hydrazine groups is 1. The normalized spacial score (nSPS) is 10.6. The summed E-state index contributed by atoms with van der Waals surface area (Å²) in [4.78, 5) is 41.4. The summed E-state index contributed by atoms with van der Waals surface area (Å²) in [5.41, 5.74) is 4.88. The summed E-state index contributed by atoms with van der Waals surface area (Å²) in [6.45, 7) is 2.01. The van der Waals surface area contributed by atoms with Crippen molar-refractivity contribution in [2.75, 3.05) is 5.43 Å². The van der Waals surface area contributed by atoms with E-state index < -0.39 is 16.6 Å². The molecule has 0 aliphatic rings. The van der Waals surface area contributed by atoms with Gasteiger partial charge in [-0.25, -0.2) is 19.9 Å². The van der Waals surface area contributed by atoms with E-state index in [9.17, 15) is 24.8 Å². The molecule has 2 aromatic carbocycles. The minimum atomic E-state index is -0.999. The highest BCUT2D eigenvalue weighted by Crippen LogP contribution is 2.25. The number of aromatic carboxylic acids is 1. The van der Waals surface area contributed by atoms with Crippen LogP contribution in [0.25, 0.3) is 11.1 Å². The second-order valence-corrected chi connectivity index (χ2v) is 7.04. The number of carbonyl (C=O) groups is 1. The first-order chi connectivity index (χ1) is 14.9. The third-order valence-corrected chi connectivity index (χ3v) is 4.87. The number of nitrogens with one attached hydrogen (secondary N) is 2. The first-order valence-electron chi connectivity index (χ1n) is 9.83. The molecular weight excluding hydrogens is 400 g/mol. The lowest BCUT2D eigenvalue weighted by Crippen LogP contribution is -2.22. The number of aryl methyl sites for hydroxylation is 1. The molecule has 0 aliphatic heterocycles. The van der Waals surface area contributed by atoms with Crippen molar-refractivity contribution < 1.29 is 14.9 Å². The molecule has 0 amide bonds. The number of aromatic amines is 1. The van der Waals surface area contributed by atoms with Gasteiger partial charge >= 0.3 is 5.97 Å². The van der Waals surface area contributed by atoms with E-state index in [0.29, 0.717) is 29.7 Å². The van der Waals surface area contributed by atoms with Crippen LogP contribution >= 0.6 is 0 Å². The molecule has 9 heteroatoms. The third-order valence-electron chi connectivity index (χ3n) is 4.87. The topological polar surface area (TPSA) is 138 Å². The van der Waals surface area contributed by atoms with Crippen LogP contribution in [0, 0.1) is 10.1 Å². The number of H-pyrrole nitrogens is 1. The summed E-state index contributed by atoms with van der Waals surface area (Å²) < 4.78 is 0. The molecule has 0 aliphatic carbocycles. The maximum absolute atomic E-state index is 12.6. The van der Waals surface area contributed by atoms with Crippen LogP contribution in [0.2, 0.25) is 0 Å². The van der Waals surface area contributed by atoms with E-state index in [0.717, 1.165) is 24.0 Å². The Kier molecular flexibility index (Phi) is 6.76. The standard InChI is InChI=1S/C22H22N4O5/c1-2-3-8-19-18(20(27)24-22(23-19)25-26(30)31)13-14-9-11-15(12-10-14)16-6-4-5-7-17(16)21(28)29/h4-7,9-12H,2-3,8,13H2,1H3,(H,28,29)(H2,23,24,25,27). The lowest BCUT2D eigenvalue weighted by molar-refractivity contribution is -0.446. The zero-order valence-electron chi connectivity index (χ0n) is 16.9. The summed E-state index contributed by atoms with van der Waals surface area (Å²) in [7, 11) is 0. The van der Waals surface area contributed by atoms with E-state index in [2.05, 4.69) is 9.97 Å². The quantitative estimate of drug-likeness (QED) is 0.353. The summed E-state index contributed by atoms with van der Waals surface area (Å²) in [5, 5.41) is 19.3. The van der Waals surface area contributed by atoms with Gasteiger partial charge in [-0.05, 0) is 35.6 Å². The van der Waals surface area contributed by atoms with Gasteiger partial charge in [-0.1, -0.05) is 61.2 Å². The van der Waals surface area contributed by atoms with Crippen LogP contribution in [-0.4, -0.2) is 26.1 Å². The molecule has 3 N–H and O–H groups in total. The molecule has 0 saturated carbocycles. The van der Waals surface area contributed by atoms with Crippen molar-refractivity contribution in [2.45, 2.75) is 32.6 Å². The Balaban J connectivity index is 1.91. The molecule has 3 rings (SSSR count). The van der Waals surface area contributed by atoms with Gasteiger partial charge in [0.25, 0.3) is 11.5 Å². The fraction of sp³-hybridized carbons (Fsp3) is 0.227. The number of nitrogens with zero attached hydrogens (tertiary/aromatic N) is 2. The molecule has 0 unspecified atom stereocenters. The van der Waals surface area contributed by atoms with Crippen LogP contribution < -0.4 is 11.0 Å². The highest BCUT2D eigenvalue weighted by Gasteiger charge is 2.15. The largest absolute Gasteiger partial charge is 0.478 e. The molecule has 0 spiro atoms. The number of carboxylic acid groups (broad SMARTS) is 1. The molecule has 160 valence electrons. The Morgan fingerprint density at radius 1 is 1.19 bits per heavy atom. The van der Waals surface area contributed by atoms with Gasteiger partial charge in [0.2, 0.25) is 0 Å². The predicted molar refractivity (Wildman–Crippen MR) is 116 cm³/mol. The van der Waals surface area contributed by atoms with Gasteiger partial charge in [0.1, 0.15) is 0 Å². The highest BCUT2D eigenvalue weighted by atomic mass is 16.7. The predicted octanol–water partition coefficient (Wildman–Crippen LogP) is 3.67. The molecule has 0 radical (unpaired) electrons. The van der Waals surface area contributed by atoms with E-state index in [1.54, 1.807) is 24.3 Å². The number of carboxylic acids is 1. The zero-order valence-corrected chi connectivity index (χ0v) is 16.9. The van der Waals surface area contributed by atoms with Crippen molar-refractivity contribution >= 4 is 11.9 Å². The number of hydrogen-bond donors (Lipinski definition) is 3. The fourth-order valence-corrected chi connectivity index (χ4v) is 3.34. The number of anilines is 1. The van der Waals surface area contributed by atoms with Crippen LogP contribution in [0.5, 0.6) is 0 Å². The van der Waals surface area contributed by atoms with Crippen LogP contribution in [0.4, 0.5) is 5.95 Å². The van der Waals surface area contributed by atoms with Crippen molar-refractivity contribution in [3.63, 3.8) is 0 Å². The second-order valence-electron chi connectivity index (χ2n) is 7.04. The Morgan fingerprint density at radius 3 is 2.55 bits per heavy atom. The third kappa shape index (κ3) is 5.33. The van der Waals surface area contributed by atoms with Gasteiger partial charge in [0.05, 0.1) is 11.3 Å². The minimum Gasteiger partial charge on any atom is -0.478 e. The molecule has 0 bridgehead atoms. The van der Waals surface area contributed by atoms with Gasteiger partial charge in [0.15, 0.2) is 5.03 Å². The average Bonchev–Trinajstić information content (AvgIpc) is 2.74. The number of unbranched alkanes of at least 4 members (excludes halogenated alkanes) is 1. The van der Waals surface area contributed by atoms with Crippen LogP contribution in [0.3, 0.4) is 0 Å². The Bertz CT molecular complexity index is 1160. The smallest absolute Gasteiger partial charge is 0.336 e. The summed E-state index contributed by atoms with van der Waals surface area (Å²) in [5.74, 6) is -1.19. The van der Waals surface area contributed by atoms with E-state index in [1.807, 2.05) is 36.6 Å².